The summed E-state index contributed by atoms with van der Waals surface area (Å²) in [4.78, 5) is 2.61. The van der Waals surface area contributed by atoms with Crippen molar-refractivity contribution < 1.29 is 5.11 Å². The van der Waals surface area contributed by atoms with E-state index in [1.165, 1.54) is 12.8 Å². The van der Waals surface area contributed by atoms with Crippen LogP contribution in [-0.2, 0) is 0 Å². The number of aliphatic hydroxyl groups is 1. The fourth-order valence-corrected chi connectivity index (χ4v) is 2.93. The second-order valence-corrected chi connectivity index (χ2v) is 5.45. The summed E-state index contributed by atoms with van der Waals surface area (Å²) in [5, 5.41) is 12.4. The maximum Gasteiger partial charge on any atom is 0.0447 e. The molecule has 2 aliphatic rings. The zero-order valence-corrected chi connectivity index (χ0v) is 10.3. The number of nitrogens with zero attached hydrogens (tertiary/aromatic N) is 1. The molecule has 94 valence electrons. The summed E-state index contributed by atoms with van der Waals surface area (Å²) in [6, 6.07) is 1.47. The van der Waals surface area contributed by atoms with Gasteiger partial charge in [-0.15, -0.1) is 0 Å². The molecule has 4 nitrogen and oxygen atoms in total. The average Bonchev–Trinajstić information content (AvgIpc) is 3.05. The molecule has 0 aromatic rings. The highest BCUT2D eigenvalue weighted by atomic mass is 16.3. The quantitative estimate of drug-likeness (QED) is 0.555. The molecule has 0 bridgehead atoms. The van der Waals surface area contributed by atoms with Crippen LogP contribution in [0.1, 0.15) is 32.6 Å². The van der Waals surface area contributed by atoms with Gasteiger partial charge in [-0.3, -0.25) is 4.90 Å². The van der Waals surface area contributed by atoms with Gasteiger partial charge in [0.25, 0.3) is 0 Å². The molecule has 1 saturated heterocycles. The summed E-state index contributed by atoms with van der Waals surface area (Å²) in [6.07, 6.45) is 4.69. The molecule has 1 saturated carbocycles. The van der Waals surface area contributed by atoms with E-state index in [2.05, 4.69) is 17.1 Å². The number of nitrogens with one attached hydrogen (secondary N) is 1. The maximum atomic E-state index is 8.82. The minimum Gasteiger partial charge on any atom is -0.396 e. The second kappa shape index (κ2) is 5.00. The number of nitrogens with two attached hydrogens (primary N) is 1. The number of hydrogen-bond donors (Lipinski definition) is 3. The van der Waals surface area contributed by atoms with Gasteiger partial charge < -0.3 is 16.2 Å². The van der Waals surface area contributed by atoms with Crippen molar-refractivity contribution in [1.29, 1.82) is 0 Å². The molecule has 0 amide bonds. The molecule has 0 aromatic carbocycles. The second-order valence-electron chi connectivity index (χ2n) is 5.45. The summed E-state index contributed by atoms with van der Waals surface area (Å²) in [5.41, 5.74) is 6.04. The van der Waals surface area contributed by atoms with E-state index in [-0.39, 0.29) is 12.1 Å². The van der Waals surface area contributed by atoms with Crippen molar-refractivity contribution in [1.82, 2.24) is 10.2 Å². The number of hydrogen-bond acceptors (Lipinski definition) is 4. The van der Waals surface area contributed by atoms with Gasteiger partial charge in [0.05, 0.1) is 0 Å². The van der Waals surface area contributed by atoms with E-state index in [0.29, 0.717) is 12.6 Å². The average molecular weight is 227 g/mol. The lowest BCUT2D eigenvalue weighted by Crippen LogP contribution is -2.53. The van der Waals surface area contributed by atoms with Crippen LogP contribution < -0.4 is 11.1 Å². The molecule has 0 radical (unpaired) electrons. The highest BCUT2D eigenvalue weighted by Gasteiger charge is 2.45. The van der Waals surface area contributed by atoms with Gasteiger partial charge in [0.2, 0.25) is 0 Å². The monoisotopic (exact) mass is 227 g/mol. The lowest BCUT2D eigenvalue weighted by molar-refractivity contribution is 0.236. The standard InChI is InChI=1S/C12H25N3O/c1-10-7-12(8-13,14-5-2-6-16)9-15(10)11-3-4-11/h10-11,14,16H,2-9,13H2,1H3. The fraction of sp³-hybridized carbons (Fsp3) is 1.00. The van der Waals surface area contributed by atoms with Gasteiger partial charge in [-0.2, -0.15) is 0 Å². The van der Waals surface area contributed by atoms with Crippen molar-refractivity contribution in [3.63, 3.8) is 0 Å². The molecule has 0 aromatic heterocycles. The van der Waals surface area contributed by atoms with Crippen molar-refractivity contribution in [3.05, 3.63) is 0 Å². The Hall–Kier alpha value is -0.160. The van der Waals surface area contributed by atoms with E-state index in [1.54, 1.807) is 0 Å². The van der Waals surface area contributed by atoms with Gasteiger partial charge in [-0.25, -0.2) is 0 Å². The maximum absolute atomic E-state index is 8.82. The van der Waals surface area contributed by atoms with Crippen LogP contribution in [0.4, 0.5) is 0 Å². The number of rotatable bonds is 6. The van der Waals surface area contributed by atoms with Crippen molar-refractivity contribution >= 4 is 0 Å². The lowest BCUT2D eigenvalue weighted by atomic mass is 9.96. The minimum atomic E-state index is 0.0944. The van der Waals surface area contributed by atoms with Crippen molar-refractivity contribution in [2.24, 2.45) is 5.73 Å². The van der Waals surface area contributed by atoms with Crippen molar-refractivity contribution in [3.8, 4) is 0 Å². The van der Waals surface area contributed by atoms with Gasteiger partial charge in [0.1, 0.15) is 0 Å². The van der Waals surface area contributed by atoms with Crippen molar-refractivity contribution in [2.45, 2.75) is 50.2 Å². The van der Waals surface area contributed by atoms with E-state index < -0.39 is 0 Å². The highest BCUT2D eigenvalue weighted by molar-refractivity contribution is 5.05. The summed E-state index contributed by atoms with van der Waals surface area (Å²) in [7, 11) is 0. The summed E-state index contributed by atoms with van der Waals surface area (Å²) < 4.78 is 0. The predicted molar refractivity (Wildman–Crippen MR) is 65.3 cm³/mol. The van der Waals surface area contributed by atoms with Gasteiger partial charge in [-0.05, 0) is 39.2 Å². The molecule has 16 heavy (non-hydrogen) atoms. The summed E-state index contributed by atoms with van der Waals surface area (Å²) >= 11 is 0. The number of aliphatic hydroxyl groups excluding tert-OH is 1. The van der Waals surface area contributed by atoms with E-state index in [1.807, 2.05) is 0 Å². The molecule has 4 N–H and O–H groups in total. The molecule has 1 aliphatic heterocycles. The normalized spacial score (nSPS) is 35.8. The van der Waals surface area contributed by atoms with Crippen LogP contribution in [0.15, 0.2) is 0 Å². The SMILES string of the molecule is CC1CC(CN)(NCCCO)CN1C1CC1. The zero-order valence-electron chi connectivity index (χ0n) is 10.3. The Morgan fingerprint density at radius 3 is 2.81 bits per heavy atom. The number of likely N-dealkylation sites (tertiary alicyclic amines) is 1. The molecule has 2 unspecified atom stereocenters. The first-order chi connectivity index (χ1) is 7.71. The Labute approximate surface area is 98.2 Å². The third-order valence-corrected chi connectivity index (χ3v) is 3.98. The molecule has 1 aliphatic carbocycles. The molecule has 2 atom stereocenters. The smallest absolute Gasteiger partial charge is 0.0447 e. The van der Waals surface area contributed by atoms with Crippen LogP contribution >= 0.6 is 0 Å². The van der Waals surface area contributed by atoms with E-state index in [4.69, 9.17) is 10.8 Å². The Morgan fingerprint density at radius 2 is 2.25 bits per heavy atom. The van der Waals surface area contributed by atoms with Gasteiger partial charge in [0.15, 0.2) is 0 Å². The first-order valence-electron chi connectivity index (χ1n) is 6.52. The van der Waals surface area contributed by atoms with Crippen LogP contribution in [-0.4, -0.2) is 53.9 Å². The van der Waals surface area contributed by atoms with E-state index in [0.717, 1.165) is 32.0 Å². The Kier molecular flexibility index (Phi) is 3.85. The summed E-state index contributed by atoms with van der Waals surface area (Å²) in [6.45, 7) is 5.23. The first kappa shape index (κ1) is 12.3. The van der Waals surface area contributed by atoms with Crippen LogP contribution in [0.3, 0.4) is 0 Å². The Morgan fingerprint density at radius 1 is 1.50 bits per heavy atom. The first-order valence-corrected chi connectivity index (χ1v) is 6.52. The molecule has 2 rings (SSSR count). The Bertz CT molecular complexity index is 232. The lowest BCUT2D eigenvalue weighted by Gasteiger charge is -2.29. The fourth-order valence-electron chi connectivity index (χ4n) is 2.93. The highest BCUT2D eigenvalue weighted by Crippen LogP contribution is 2.36. The van der Waals surface area contributed by atoms with Crippen molar-refractivity contribution in [2.75, 3.05) is 26.2 Å². The molecule has 4 heteroatoms. The third-order valence-electron chi connectivity index (χ3n) is 3.98. The topological polar surface area (TPSA) is 61.5 Å². The van der Waals surface area contributed by atoms with Crippen LogP contribution in [0.25, 0.3) is 0 Å². The van der Waals surface area contributed by atoms with Gasteiger partial charge in [-0.1, -0.05) is 0 Å². The van der Waals surface area contributed by atoms with E-state index in [9.17, 15) is 0 Å². The summed E-state index contributed by atoms with van der Waals surface area (Å²) in [5.74, 6) is 0. The van der Waals surface area contributed by atoms with Crippen LogP contribution in [0.2, 0.25) is 0 Å². The van der Waals surface area contributed by atoms with Crippen LogP contribution in [0.5, 0.6) is 0 Å². The predicted octanol–water partition coefficient (Wildman–Crippen LogP) is -0.0875. The zero-order chi connectivity index (χ0) is 11.6. The minimum absolute atomic E-state index is 0.0944. The van der Waals surface area contributed by atoms with Crippen LogP contribution in [0, 0.1) is 0 Å². The molecular weight excluding hydrogens is 202 g/mol. The van der Waals surface area contributed by atoms with E-state index >= 15 is 0 Å². The Balaban J connectivity index is 1.89. The molecule has 1 heterocycles. The van der Waals surface area contributed by atoms with Gasteiger partial charge in [0, 0.05) is 37.3 Å². The van der Waals surface area contributed by atoms with Gasteiger partial charge >= 0.3 is 0 Å². The third kappa shape index (κ3) is 2.56. The molecule has 2 fully saturated rings. The molecule has 0 spiro atoms. The molecular formula is C12H25N3O. The largest absolute Gasteiger partial charge is 0.396 e.